The number of pyridine rings is 1. The van der Waals surface area contributed by atoms with Gasteiger partial charge in [0, 0.05) is 32.4 Å². The normalized spacial score (nSPS) is 17.1. The predicted octanol–water partition coefficient (Wildman–Crippen LogP) is 0.474. The maximum Gasteiger partial charge on any atom is 0.257 e. The Bertz CT molecular complexity index is 625. The molecule has 1 amide bonds. The smallest absolute Gasteiger partial charge is 0.257 e. The van der Waals surface area contributed by atoms with Crippen molar-refractivity contribution in [3.8, 4) is 0 Å². The third-order valence-corrected chi connectivity index (χ3v) is 3.95. The van der Waals surface area contributed by atoms with Crippen molar-refractivity contribution in [1.29, 1.82) is 0 Å². The summed E-state index contributed by atoms with van der Waals surface area (Å²) < 4.78 is 1.73. The van der Waals surface area contributed by atoms with Gasteiger partial charge in [-0.3, -0.25) is 9.69 Å². The zero-order valence-corrected chi connectivity index (χ0v) is 12.0. The minimum Gasteiger partial charge on any atom is -0.395 e. The fraction of sp³-hybridized carbons (Fsp3) is 0.467. The molecule has 6 heteroatoms. The molecule has 0 saturated carbocycles. The monoisotopic (exact) mass is 288 g/mol. The Morgan fingerprint density at radius 2 is 2.14 bits per heavy atom. The standard InChI is InChI=1S/C15H20N4O2/c20-11-10-17-5-3-6-18(9-8-17)15(21)13-12-16-19-7-2-1-4-14(13)19/h1-2,4,7,12,20H,3,5-6,8-11H2. The van der Waals surface area contributed by atoms with Gasteiger partial charge in [0.25, 0.3) is 5.91 Å². The summed E-state index contributed by atoms with van der Waals surface area (Å²) >= 11 is 0. The number of carbonyl (C=O) groups excluding carboxylic acids is 1. The van der Waals surface area contributed by atoms with E-state index in [1.165, 1.54) is 0 Å². The van der Waals surface area contributed by atoms with Gasteiger partial charge >= 0.3 is 0 Å². The molecule has 1 saturated heterocycles. The van der Waals surface area contributed by atoms with E-state index in [0.717, 1.165) is 31.6 Å². The largest absolute Gasteiger partial charge is 0.395 e. The average Bonchev–Trinajstić information content (AvgIpc) is 2.80. The number of nitrogens with zero attached hydrogens (tertiary/aromatic N) is 4. The minimum atomic E-state index is 0.0436. The average molecular weight is 288 g/mol. The van der Waals surface area contributed by atoms with Crippen molar-refractivity contribution in [2.45, 2.75) is 6.42 Å². The Kier molecular flexibility index (Phi) is 4.17. The molecule has 0 atom stereocenters. The second kappa shape index (κ2) is 6.24. The van der Waals surface area contributed by atoms with Crippen LogP contribution < -0.4 is 0 Å². The van der Waals surface area contributed by atoms with Crippen LogP contribution in [0.3, 0.4) is 0 Å². The molecule has 0 unspecified atom stereocenters. The maximum absolute atomic E-state index is 12.7. The van der Waals surface area contributed by atoms with Gasteiger partial charge in [-0.15, -0.1) is 0 Å². The molecule has 0 aliphatic carbocycles. The van der Waals surface area contributed by atoms with Gasteiger partial charge in [0.15, 0.2) is 0 Å². The van der Waals surface area contributed by atoms with Gasteiger partial charge in [-0.05, 0) is 25.1 Å². The zero-order valence-electron chi connectivity index (χ0n) is 12.0. The Balaban J connectivity index is 1.76. The van der Waals surface area contributed by atoms with Crippen molar-refractivity contribution in [1.82, 2.24) is 19.4 Å². The summed E-state index contributed by atoms with van der Waals surface area (Å²) in [6, 6.07) is 5.72. The summed E-state index contributed by atoms with van der Waals surface area (Å²) in [6.45, 7) is 4.04. The first kappa shape index (κ1) is 14.0. The van der Waals surface area contributed by atoms with Crippen LogP contribution in [0.2, 0.25) is 0 Å². The Labute approximate surface area is 123 Å². The second-order valence-electron chi connectivity index (χ2n) is 5.30. The number of hydrogen-bond donors (Lipinski definition) is 1. The van der Waals surface area contributed by atoms with Crippen LogP contribution in [0, 0.1) is 0 Å². The molecule has 1 fully saturated rings. The number of aliphatic hydroxyl groups is 1. The number of aliphatic hydroxyl groups excluding tert-OH is 1. The van der Waals surface area contributed by atoms with Crippen LogP contribution in [0.15, 0.2) is 30.6 Å². The molecule has 1 aliphatic heterocycles. The molecule has 3 heterocycles. The van der Waals surface area contributed by atoms with E-state index in [0.29, 0.717) is 18.7 Å². The van der Waals surface area contributed by atoms with E-state index in [1.54, 1.807) is 10.7 Å². The lowest BCUT2D eigenvalue weighted by molar-refractivity contribution is 0.0762. The van der Waals surface area contributed by atoms with Crippen molar-refractivity contribution in [3.05, 3.63) is 36.2 Å². The first-order valence-corrected chi connectivity index (χ1v) is 7.34. The molecule has 0 spiro atoms. The molecule has 0 aromatic carbocycles. The SMILES string of the molecule is O=C(c1cnn2ccccc12)N1CCCN(CCO)CC1. The summed E-state index contributed by atoms with van der Waals surface area (Å²) in [4.78, 5) is 16.8. The van der Waals surface area contributed by atoms with E-state index in [4.69, 9.17) is 5.11 Å². The van der Waals surface area contributed by atoms with Crippen LogP contribution >= 0.6 is 0 Å². The fourth-order valence-corrected chi connectivity index (χ4v) is 2.81. The van der Waals surface area contributed by atoms with Crippen molar-refractivity contribution in [2.24, 2.45) is 0 Å². The second-order valence-corrected chi connectivity index (χ2v) is 5.30. The molecule has 0 bridgehead atoms. The van der Waals surface area contributed by atoms with Gasteiger partial charge in [0.2, 0.25) is 0 Å². The molecular formula is C15H20N4O2. The summed E-state index contributed by atoms with van der Waals surface area (Å²) in [7, 11) is 0. The highest BCUT2D eigenvalue weighted by Crippen LogP contribution is 2.14. The third kappa shape index (κ3) is 2.91. The number of fused-ring (bicyclic) bond motifs is 1. The van der Waals surface area contributed by atoms with Crippen LogP contribution in [-0.4, -0.2) is 69.8 Å². The first-order valence-electron chi connectivity index (χ1n) is 7.34. The number of carbonyl (C=O) groups is 1. The number of aromatic nitrogens is 2. The van der Waals surface area contributed by atoms with Gasteiger partial charge in [0.1, 0.15) is 0 Å². The highest BCUT2D eigenvalue weighted by Gasteiger charge is 2.22. The first-order chi connectivity index (χ1) is 10.3. The molecule has 2 aromatic rings. The molecular weight excluding hydrogens is 268 g/mol. The molecule has 6 nitrogen and oxygen atoms in total. The number of amides is 1. The Morgan fingerprint density at radius 1 is 1.24 bits per heavy atom. The van der Waals surface area contributed by atoms with Gasteiger partial charge in [-0.2, -0.15) is 5.10 Å². The molecule has 1 N–H and O–H groups in total. The van der Waals surface area contributed by atoms with Gasteiger partial charge in [-0.25, -0.2) is 4.52 Å². The molecule has 21 heavy (non-hydrogen) atoms. The maximum atomic E-state index is 12.7. The van der Waals surface area contributed by atoms with Crippen molar-refractivity contribution >= 4 is 11.4 Å². The van der Waals surface area contributed by atoms with Crippen LogP contribution in [0.1, 0.15) is 16.8 Å². The quantitative estimate of drug-likeness (QED) is 0.892. The minimum absolute atomic E-state index is 0.0436. The molecule has 3 rings (SSSR count). The molecule has 1 aliphatic rings. The molecule has 112 valence electrons. The topological polar surface area (TPSA) is 61.1 Å². The van der Waals surface area contributed by atoms with Crippen LogP contribution in [0.25, 0.3) is 5.52 Å². The Morgan fingerprint density at radius 3 is 3.00 bits per heavy atom. The lowest BCUT2D eigenvalue weighted by Gasteiger charge is -2.21. The van der Waals surface area contributed by atoms with E-state index < -0.39 is 0 Å². The fourth-order valence-electron chi connectivity index (χ4n) is 2.81. The lowest BCUT2D eigenvalue weighted by atomic mass is 10.2. The van der Waals surface area contributed by atoms with Crippen molar-refractivity contribution < 1.29 is 9.90 Å². The molecule has 0 radical (unpaired) electrons. The van der Waals surface area contributed by atoms with Crippen LogP contribution in [0.4, 0.5) is 0 Å². The summed E-state index contributed by atoms with van der Waals surface area (Å²) in [6.07, 6.45) is 4.43. The van der Waals surface area contributed by atoms with E-state index in [9.17, 15) is 4.79 Å². The van der Waals surface area contributed by atoms with Crippen molar-refractivity contribution in [2.75, 3.05) is 39.3 Å². The van der Waals surface area contributed by atoms with Crippen molar-refractivity contribution in [3.63, 3.8) is 0 Å². The predicted molar refractivity (Wildman–Crippen MR) is 79.2 cm³/mol. The summed E-state index contributed by atoms with van der Waals surface area (Å²) in [5, 5.41) is 13.2. The molecule has 2 aromatic heterocycles. The van der Waals surface area contributed by atoms with E-state index in [-0.39, 0.29) is 12.5 Å². The van der Waals surface area contributed by atoms with Gasteiger partial charge in [0.05, 0.1) is 23.9 Å². The van der Waals surface area contributed by atoms with Gasteiger partial charge < -0.3 is 10.0 Å². The van der Waals surface area contributed by atoms with E-state index in [2.05, 4.69) is 10.00 Å². The zero-order chi connectivity index (χ0) is 14.7. The number of β-amino-alcohol motifs (C(OH)–C–C–N with tert-alkyl or cyclic N) is 1. The third-order valence-electron chi connectivity index (χ3n) is 3.95. The van der Waals surface area contributed by atoms with E-state index >= 15 is 0 Å². The summed E-state index contributed by atoms with van der Waals surface area (Å²) in [5.74, 6) is 0.0436. The highest BCUT2D eigenvalue weighted by atomic mass is 16.3. The highest BCUT2D eigenvalue weighted by molar-refractivity contribution is 6.00. The summed E-state index contributed by atoms with van der Waals surface area (Å²) in [5.41, 5.74) is 1.50. The van der Waals surface area contributed by atoms with Gasteiger partial charge in [-0.1, -0.05) is 6.07 Å². The van der Waals surface area contributed by atoms with Crippen LogP contribution in [0.5, 0.6) is 0 Å². The Hall–Kier alpha value is -1.92. The lowest BCUT2D eigenvalue weighted by Crippen LogP contribution is -2.35. The number of hydrogen-bond acceptors (Lipinski definition) is 4. The van der Waals surface area contributed by atoms with Crippen LogP contribution in [-0.2, 0) is 0 Å². The number of rotatable bonds is 3. The van der Waals surface area contributed by atoms with E-state index in [1.807, 2.05) is 29.3 Å².